The maximum Gasteiger partial charge on any atom is -0.0200 e. The van der Waals surface area contributed by atoms with Gasteiger partial charge in [0.25, 0.3) is 0 Å². The second-order valence-corrected chi connectivity index (χ2v) is 9.67. The molecule has 0 aromatic rings. The zero-order valence-electron chi connectivity index (χ0n) is 13.8. The predicted octanol–water partition coefficient (Wildman–Crippen LogP) is 5.98. The third kappa shape index (κ3) is 1.54. The molecule has 0 radical (unpaired) electrons. The lowest BCUT2D eigenvalue weighted by atomic mass is 9.41. The fourth-order valence-electron chi connectivity index (χ4n) is 7.68. The summed E-state index contributed by atoms with van der Waals surface area (Å²) in [5.41, 5.74) is 3.51. The van der Waals surface area contributed by atoms with Gasteiger partial charge in [-0.25, -0.2) is 0 Å². The van der Waals surface area contributed by atoms with Crippen molar-refractivity contribution < 1.29 is 0 Å². The molecule has 4 fully saturated rings. The van der Waals surface area contributed by atoms with E-state index in [9.17, 15) is 0 Å². The van der Waals surface area contributed by atoms with Crippen LogP contribution in [0, 0.1) is 34.0 Å². The fourth-order valence-corrected chi connectivity index (χ4v) is 7.68. The minimum absolute atomic E-state index is 0.584. The van der Waals surface area contributed by atoms with Crippen molar-refractivity contribution in [2.45, 2.75) is 78.6 Å². The second kappa shape index (κ2) is 3.93. The van der Waals surface area contributed by atoms with E-state index in [1.54, 1.807) is 5.57 Å². The van der Waals surface area contributed by atoms with Crippen molar-refractivity contribution in [1.82, 2.24) is 0 Å². The molecule has 4 aliphatic carbocycles. The molecule has 4 rings (SSSR count). The van der Waals surface area contributed by atoms with E-state index in [1.165, 1.54) is 57.8 Å². The Bertz CT molecular complexity index is 445. The lowest BCUT2D eigenvalue weighted by molar-refractivity contribution is -0.144. The van der Waals surface area contributed by atoms with Gasteiger partial charge in [0.2, 0.25) is 0 Å². The summed E-state index contributed by atoms with van der Waals surface area (Å²) in [6.07, 6.45) is 13.3. The van der Waals surface area contributed by atoms with Gasteiger partial charge in [0.1, 0.15) is 0 Å². The van der Waals surface area contributed by atoms with Gasteiger partial charge in [-0.2, -0.15) is 0 Å². The van der Waals surface area contributed by atoms with Crippen LogP contribution < -0.4 is 0 Å². The van der Waals surface area contributed by atoms with Gasteiger partial charge < -0.3 is 0 Å². The maximum absolute atomic E-state index is 4.44. The van der Waals surface area contributed by atoms with Gasteiger partial charge in [-0.1, -0.05) is 39.3 Å². The molecule has 0 unspecified atom stereocenters. The monoisotopic (exact) mass is 272 g/mol. The number of allylic oxidation sites excluding steroid dienone is 1. The first-order valence-corrected chi connectivity index (χ1v) is 9.05. The van der Waals surface area contributed by atoms with Gasteiger partial charge in [-0.15, -0.1) is 0 Å². The topological polar surface area (TPSA) is 0 Å². The van der Waals surface area contributed by atoms with Gasteiger partial charge in [0, 0.05) is 0 Å². The molecule has 0 aromatic carbocycles. The van der Waals surface area contributed by atoms with Gasteiger partial charge in [0.05, 0.1) is 0 Å². The minimum atomic E-state index is 0.584. The van der Waals surface area contributed by atoms with Crippen molar-refractivity contribution in [3.8, 4) is 0 Å². The summed E-state index contributed by atoms with van der Waals surface area (Å²) in [4.78, 5) is 0. The third-order valence-corrected chi connectivity index (χ3v) is 8.36. The van der Waals surface area contributed by atoms with Crippen LogP contribution in [-0.2, 0) is 0 Å². The molecule has 0 aromatic heterocycles. The molecule has 0 N–H and O–H groups in total. The van der Waals surface area contributed by atoms with Crippen LogP contribution in [0.4, 0.5) is 0 Å². The Morgan fingerprint density at radius 2 is 1.75 bits per heavy atom. The lowest BCUT2D eigenvalue weighted by Gasteiger charge is -2.64. The number of rotatable bonds is 0. The van der Waals surface area contributed by atoms with E-state index in [1.807, 2.05) is 0 Å². The zero-order valence-corrected chi connectivity index (χ0v) is 13.8. The standard InChI is InChI=1S/C20H32/c1-14-12-20-11-8-16-18(2,3)9-5-10-19(16,4)17(20)7-6-15(14)13-20/h15-17H,1,5-13H2,2-4H3/t15-,16+,17-,19-,20-/m0/s1. The summed E-state index contributed by atoms with van der Waals surface area (Å²) in [6, 6.07) is 0. The average Bonchev–Trinajstić information content (AvgIpc) is 2.58. The van der Waals surface area contributed by atoms with Crippen molar-refractivity contribution in [3.63, 3.8) is 0 Å². The Balaban J connectivity index is 1.74. The van der Waals surface area contributed by atoms with Crippen LogP contribution in [0.15, 0.2) is 12.2 Å². The van der Waals surface area contributed by atoms with E-state index < -0.39 is 0 Å². The van der Waals surface area contributed by atoms with Crippen molar-refractivity contribution >= 4 is 0 Å². The number of hydrogen-bond donors (Lipinski definition) is 0. The Morgan fingerprint density at radius 3 is 2.55 bits per heavy atom. The second-order valence-electron chi connectivity index (χ2n) is 9.67. The van der Waals surface area contributed by atoms with Gasteiger partial charge in [-0.05, 0) is 85.4 Å². The normalized spacial score (nSPS) is 53.4. The first-order valence-electron chi connectivity index (χ1n) is 9.05. The van der Waals surface area contributed by atoms with E-state index in [4.69, 9.17) is 0 Å². The van der Waals surface area contributed by atoms with E-state index in [2.05, 4.69) is 27.4 Å². The Hall–Kier alpha value is -0.260. The average molecular weight is 272 g/mol. The van der Waals surface area contributed by atoms with Crippen molar-refractivity contribution in [3.05, 3.63) is 12.2 Å². The van der Waals surface area contributed by atoms with Crippen LogP contribution in [-0.4, -0.2) is 0 Å². The molecule has 0 heteroatoms. The summed E-state index contributed by atoms with van der Waals surface area (Å²) in [5.74, 6) is 2.87. The fraction of sp³-hybridized carbons (Fsp3) is 0.900. The number of fused-ring (bicyclic) bond motifs is 3. The van der Waals surface area contributed by atoms with Gasteiger partial charge in [0.15, 0.2) is 0 Å². The molecular weight excluding hydrogens is 240 g/mol. The molecule has 4 saturated carbocycles. The first-order chi connectivity index (χ1) is 9.37. The van der Waals surface area contributed by atoms with Crippen LogP contribution >= 0.6 is 0 Å². The maximum atomic E-state index is 4.44. The predicted molar refractivity (Wildman–Crippen MR) is 85.5 cm³/mol. The molecule has 0 amide bonds. The van der Waals surface area contributed by atoms with Crippen LogP contribution in [0.5, 0.6) is 0 Å². The molecular formula is C20H32. The highest BCUT2D eigenvalue weighted by molar-refractivity contribution is 5.22. The van der Waals surface area contributed by atoms with Crippen LogP contribution in [0.3, 0.4) is 0 Å². The summed E-state index contributed by atoms with van der Waals surface area (Å²) in [6.45, 7) is 12.2. The third-order valence-electron chi connectivity index (χ3n) is 8.36. The van der Waals surface area contributed by atoms with E-state index >= 15 is 0 Å². The van der Waals surface area contributed by atoms with Crippen molar-refractivity contribution in [2.75, 3.05) is 0 Å². The highest BCUT2D eigenvalue weighted by Gasteiger charge is 2.62. The Kier molecular flexibility index (Phi) is 2.63. The summed E-state index contributed by atoms with van der Waals surface area (Å²) in [7, 11) is 0. The molecule has 0 saturated heterocycles. The molecule has 5 atom stereocenters. The smallest absolute Gasteiger partial charge is 0.0200 e. The molecule has 4 aliphatic rings. The van der Waals surface area contributed by atoms with Gasteiger partial charge in [-0.3, -0.25) is 0 Å². The molecule has 0 nitrogen and oxygen atoms in total. The van der Waals surface area contributed by atoms with E-state index in [-0.39, 0.29) is 0 Å². The summed E-state index contributed by atoms with van der Waals surface area (Å²) < 4.78 is 0. The van der Waals surface area contributed by atoms with Crippen LogP contribution in [0.2, 0.25) is 0 Å². The Labute approximate surface area is 125 Å². The SMILES string of the molecule is C=C1C[C@]23CC[C@@H]4C(C)(C)CCC[C@]4(C)[C@@H]2CC[C@H]1C3. The lowest BCUT2D eigenvalue weighted by Crippen LogP contribution is -2.55. The van der Waals surface area contributed by atoms with Crippen molar-refractivity contribution in [2.24, 2.45) is 34.0 Å². The largest absolute Gasteiger partial charge is 0.0996 e. The highest BCUT2D eigenvalue weighted by atomic mass is 14.7. The molecule has 0 heterocycles. The van der Waals surface area contributed by atoms with E-state index in [0.29, 0.717) is 16.2 Å². The van der Waals surface area contributed by atoms with Crippen molar-refractivity contribution in [1.29, 1.82) is 0 Å². The summed E-state index contributed by atoms with van der Waals surface area (Å²) in [5, 5.41) is 0. The van der Waals surface area contributed by atoms with Crippen LogP contribution in [0.1, 0.15) is 78.6 Å². The first kappa shape index (κ1) is 13.4. The molecule has 1 spiro atoms. The van der Waals surface area contributed by atoms with Gasteiger partial charge >= 0.3 is 0 Å². The summed E-state index contributed by atoms with van der Waals surface area (Å²) >= 11 is 0. The zero-order chi connectivity index (χ0) is 14.2. The highest BCUT2D eigenvalue weighted by Crippen LogP contribution is 2.72. The molecule has 2 bridgehead atoms. The Morgan fingerprint density at radius 1 is 0.950 bits per heavy atom. The quantitative estimate of drug-likeness (QED) is 0.476. The number of hydrogen-bond acceptors (Lipinski definition) is 0. The van der Waals surface area contributed by atoms with Crippen LogP contribution in [0.25, 0.3) is 0 Å². The van der Waals surface area contributed by atoms with E-state index in [0.717, 1.165) is 17.8 Å². The molecule has 20 heavy (non-hydrogen) atoms. The molecule has 0 aliphatic heterocycles. The molecule has 112 valence electrons. The minimum Gasteiger partial charge on any atom is -0.0996 e.